The van der Waals surface area contributed by atoms with Gasteiger partial charge in [0.05, 0.1) is 0 Å². The number of aryl methyl sites for hydroxylation is 2. The smallest absolute Gasteiger partial charge is 0.0160 e. The maximum atomic E-state index is 2.31. The second-order valence-corrected chi connectivity index (χ2v) is 5.58. The minimum atomic E-state index is 1.08. The van der Waals surface area contributed by atoms with Crippen LogP contribution in [0.4, 0.5) is 0 Å². The van der Waals surface area contributed by atoms with E-state index in [0.717, 1.165) is 6.42 Å². The predicted octanol–water partition coefficient (Wildman–Crippen LogP) is 4.36. The minimum absolute atomic E-state index is 1.08. The van der Waals surface area contributed by atoms with Crippen LogP contribution in [0.5, 0.6) is 0 Å². The molecule has 0 spiro atoms. The van der Waals surface area contributed by atoms with Crippen LogP contribution >= 0.6 is 11.8 Å². The second kappa shape index (κ2) is 3.67. The van der Waals surface area contributed by atoms with Gasteiger partial charge in [-0.2, -0.15) is 0 Å². The summed E-state index contributed by atoms with van der Waals surface area (Å²) < 4.78 is 0. The summed E-state index contributed by atoms with van der Waals surface area (Å²) >= 11 is 1.91. The van der Waals surface area contributed by atoms with Gasteiger partial charge in [-0.3, -0.25) is 0 Å². The molecule has 0 bridgehead atoms. The lowest BCUT2D eigenvalue weighted by Crippen LogP contribution is -2.00. The minimum Gasteiger partial charge on any atom is -0.0895 e. The van der Waals surface area contributed by atoms with Gasteiger partial charge in [0.2, 0.25) is 0 Å². The van der Waals surface area contributed by atoms with Crippen molar-refractivity contribution in [3.05, 3.63) is 58.7 Å². The van der Waals surface area contributed by atoms with Crippen molar-refractivity contribution in [1.82, 2.24) is 0 Å². The molecular weight excluding hydrogens is 212 g/mol. The quantitative estimate of drug-likeness (QED) is 0.549. The van der Waals surface area contributed by atoms with Crippen LogP contribution in [-0.4, -0.2) is 0 Å². The molecular formula is C15H14S. The van der Waals surface area contributed by atoms with Gasteiger partial charge in [-0.1, -0.05) is 41.6 Å². The van der Waals surface area contributed by atoms with E-state index in [-0.39, 0.29) is 0 Å². The first kappa shape index (κ1) is 9.98. The third-order valence-corrected chi connectivity index (χ3v) is 4.26. The van der Waals surface area contributed by atoms with Gasteiger partial charge in [0.25, 0.3) is 0 Å². The van der Waals surface area contributed by atoms with E-state index in [9.17, 15) is 0 Å². The van der Waals surface area contributed by atoms with Crippen LogP contribution in [0, 0.1) is 13.8 Å². The lowest BCUT2D eigenvalue weighted by atomic mass is 10.0. The third kappa shape index (κ3) is 1.65. The lowest BCUT2D eigenvalue weighted by Gasteiger charge is -2.19. The number of rotatable bonds is 0. The molecule has 0 radical (unpaired) electrons. The molecule has 0 unspecified atom stereocenters. The molecule has 0 aliphatic carbocycles. The van der Waals surface area contributed by atoms with Crippen LogP contribution in [0.25, 0.3) is 0 Å². The standard InChI is InChI=1S/C15H14S/c1-10-4-6-14-13(7-10)9-12-5-3-11(2)8-15(12)16-14/h3-8H,9H2,1-2H3. The van der Waals surface area contributed by atoms with Crippen molar-refractivity contribution in [2.24, 2.45) is 0 Å². The van der Waals surface area contributed by atoms with Crippen molar-refractivity contribution in [2.75, 3.05) is 0 Å². The van der Waals surface area contributed by atoms with Gasteiger partial charge in [0.1, 0.15) is 0 Å². The molecule has 1 aliphatic rings. The Bertz CT molecular complexity index is 504. The molecule has 2 aromatic carbocycles. The largest absolute Gasteiger partial charge is 0.0895 e. The number of hydrogen-bond donors (Lipinski definition) is 0. The fraction of sp³-hybridized carbons (Fsp3) is 0.200. The summed E-state index contributed by atoms with van der Waals surface area (Å²) in [5.74, 6) is 0. The molecule has 0 atom stereocenters. The van der Waals surface area contributed by atoms with Gasteiger partial charge in [-0.25, -0.2) is 0 Å². The summed E-state index contributed by atoms with van der Waals surface area (Å²) in [5, 5.41) is 0. The van der Waals surface area contributed by atoms with Crippen LogP contribution in [0.15, 0.2) is 46.2 Å². The summed E-state index contributed by atoms with van der Waals surface area (Å²) in [6.45, 7) is 4.32. The molecule has 80 valence electrons. The summed E-state index contributed by atoms with van der Waals surface area (Å²) in [7, 11) is 0. The van der Waals surface area contributed by atoms with Gasteiger partial charge in [-0.15, -0.1) is 0 Å². The SMILES string of the molecule is Cc1ccc2c(c1)Cc1ccc(C)cc1S2. The van der Waals surface area contributed by atoms with Crippen molar-refractivity contribution >= 4 is 11.8 Å². The second-order valence-electron chi connectivity index (χ2n) is 4.50. The summed E-state index contributed by atoms with van der Waals surface area (Å²) in [5.41, 5.74) is 5.65. The first-order valence-electron chi connectivity index (χ1n) is 5.59. The molecule has 1 aliphatic heterocycles. The first-order valence-corrected chi connectivity index (χ1v) is 6.41. The van der Waals surface area contributed by atoms with E-state index in [1.807, 2.05) is 11.8 Å². The average molecular weight is 226 g/mol. The zero-order valence-corrected chi connectivity index (χ0v) is 10.4. The van der Waals surface area contributed by atoms with Crippen LogP contribution < -0.4 is 0 Å². The molecule has 1 heteroatoms. The Labute approximate surface area is 101 Å². The fourth-order valence-electron chi connectivity index (χ4n) is 2.17. The van der Waals surface area contributed by atoms with E-state index in [0.29, 0.717) is 0 Å². The first-order chi connectivity index (χ1) is 7.72. The number of fused-ring (bicyclic) bond motifs is 2. The highest BCUT2D eigenvalue weighted by molar-refractivity contribution is 7.99. The molecule has 0 amide bonds. The van der Waals surface area contributed by atoms with Gasteiger partial charge in [0, 0.05) is 9.79 Å². The third-order valence-electron chi connectivity index (χ3n) is 3.04. The molecule has 16 heavy (non-hydrogen) atoms. The Morgan fingerprint density at radius 3 is 2.44 bits per heavy atom. The van der Waals surface area contributed by atoms with Crippen LogP contribution in [-0.2, 0) is 6.42 Å². The molecule has 2 aromatic rings. The highest BCUT2D eigenvalue weighted by atomic mass is 32.2. The van der Waals surface area contributed by atoms with Crippen LogP contribution in [0.1, 0.15) is 22.3 Å². The van der Waals surface area contributed by atoms with Crippen molar-refractivity contribution in [3.8, 4) is 0 Å². The topological polar surface area (TPSA) is 0 Å². The Morgan fingerprint density at radius 2 is 1.56 bits per heavy atom. The van der Waals surface area contributed by atoms with Crippen LogP contribution in [0.2, 0.25) is 0 Å². The van der Waals surface area contributed by atoms with E-state index < -0.39 is 0 Å². The molecule has 3 rings (SSSR count). The summed E-state index contributed by atoms with van der Waals surface area (Å²) in [6, 6.07) is 13.5. The average Bonchev–Trinajstić information content (AvgIpc) is 2.26. The van der Waals surface area contributed by atoms with E-state index in [2.05, 4.69) is 50.2 Å². The Hall–Kier alpha value is -1.21. The predicted molar refractivity (Wildman–Crippen MR) is 69.3 cm³/mol. The molecule has 0 saturated carbocycles. The van der Waals surface area contributed by atoms with Crippen molar-refractivity contribution in [2.45, 2.75) is 30.1 Å². The van der Waals surface area contributed by atoms with Gasteiger partial charge >= 0.3 is 0 Å². The molecule has 0 fully saturated rings. The Kier molecular flexibility index (Phi) is 2.29. The van der Waals surface area contributed by atoms with E-state index >= 15 is 0 Å². The van der Waals surface area contributed by atoms with E-state index in [1.165, 1.54) is 32.0 Å². The summed E-state index contributed by atoms with van der Waals surface area (Å²) in [6.07, 6.45) is 1.08. The van der Waals surface area contributed by atoms with E-state index in [4.69, 9.17) is 0 Å². The highest BCUT2D eigenvalue weighted by Crippen LogP contribution is 2.39. The Morgan fingerprint density at radius 1 is 0.812 bits per heavy atom. The van der Waals surface area contributed by atoms with Crippen molar-refractivity contribution in [3.63, 3.8) is 0 Å². The molecule has 0 N–H and O–H groups in total. The maximum absolute atomic E-state index is 2.31. The molecule has 0 nitrogen and oxygen atoms in total. The summed E-state index contributed by atoms with van der Waals surface area (Å²) in [4.78, 5) is 2.85. The fourth-order valence-corrected chi connectivity index (χ4v) is 3.32. The van der Waals surface area contributed by atoms with Gasteiger partial charge in [0.15, 0.2) is 0 Å². The van der Waals surface area contributed by atoms with E-state index in [1.54, 1.807) is 0 Å². The molecule has 1 heterocycles. The zero-order valence-electron chi connectivity index (χ0n) is 9.58. The van der Waals surface area contributed by atoms with Crippen molar-refractivity contribution in [1.29, 1.82) is 0 Å². The monoisotopic (exact) mass is 226 g/mol. The zero-order chi connectivity index (χ0) is 11.1. The molecule has 0 aromatic heterocycles. The van der Waals surface area contributed by atoms with Crippen molar-refractivity contribution < 1.29 is 0 Å². The van der Waals surface area contributed by atoms with Crippen LogP contribution in [0.3, 0.4) is 0 Å². The van der Waals surface area contributed by atoms with Gasteiger partial charge in [-0.05, 0) is 49.1 Å². The Balaban J connectivity index is 2.09. The lowest BCUT2D eigenvalue weighted by molar-refractivity contribution is 1.04. The maximum Gasteiger partial charge on any atom is 0.0160 e. The normalized spacial score (nSPS) is 13.1. The molecule has 0 saturated heterocycles. The van der Waals surface area contributed by atoms with Gasteiger partial charge < -0.3 is 0 Å². The number of hydrogen-bond acceptors (Lipinski definition) is 1. The number of benzene rings is 2. The highest BCUT2D eigenvalue weighted by Gasteiger charge is 2.15.